The van der Waals surface area contributed by atoms with Crippen LogP contribution >= 0.6 is 11.3 Å². The molecule has 1 aromatic rings. The molecule has 1 heterocycles. The molecule has 5 heteroatoms. The molecule has 120 valence electrons. The summed E-state index contributed by atoms with van der Waals surface area (Å²) >= 11 is 1.60. The Balaban J connectivity index is 2.35. The fourth-order valence-corrected chi connectivity index (χ4v) is 2.84. The molecule has 0 atom stereocenters. The molecule has 1 aromatic heterocycles. The lowest BCUT2D eigenvalue weighted by molar-refractivity contribution is -0.140. The van der Waals surface area contributed by atoms with Crippen molar-refractivity contribution in [2.45, 2.75) is 59.3 Å². The van der Waals surface area contributed by atoms with Crippen LogP contribution in [-0.4, -0.2) is 24.6 Å². The zero-order valence-electron chi connectivity index (χ0n) is 13.7. The Hall–Kier alpha value is -1.10. The summed E-state index contributed by atoms with van der Waals surface area (Å²) in [6.45, 7) is 7.75. The number of anilines is 1. The molecule has 0 radical (unpaired) electrons. The molecule has 0 fully saturated rings. The number of aryl methyl sites for hydroxylation is 1. The second-order valence-electron chi connectivity index (χ2n) is 6.20. The maximum atomic E-state index is 11.1. The van der Waals surface area contributed by atoms with Gasteiger partial charge in [0.2, 0.25) is 0 Å². The van der Waals surface area contributed by atoms with Gasteiger partial charge in [-0.15, -0.1) is 11.3 Å². The normalized spacial score (nSPS) is 11.4. The fourth-order valence-electron chi connectivity index (χ4n) is 2.09. The van der Waals surface area contributed by atoms with Crippen molar-refractivity contribution < 1.29 is 9.53 Å². The highest BCUT2D eigenvalue weighted by Crippen LogP contribution is 2.25. The average Bonchev–Trinajstić information content (AvgIpc) is 2.91. The molecule has 1 rings (SSSR count). The van der Waals surface area contributed by atoms with Crippen molar-refractivity contribution in [2.24, 2.45) is 5.41 Å². The summed E-state index contributed by atoms with van der Waals surface area (Å²) in [5.74, 6) is -0.186. The van der Waals surface area contributed by atoms with Gasteiger partial charge in [-0.3, -0.25) is 4.79 Å². The van der Waals surface area contributed by atoms with Crippen LogP contribution in [-0.2, 0) is 16.0 Å². The van der Waals surface area contributed by atoms with Crippen LogP contribution in [0.3, 0.4) is 0 Å². The SMILES string of the molecule is CCCCCC(C)(C)CNc1nc(CCC(=O)OC)cs1. The van der Waals surface area contributed by atoms with Crippen LogP contribution in [0.4, 0.5) is 5.13 Å². The second-order valence-corrected chi connectivity index (χ2v) is 7.05. The van der Waals surface area contributed by atoms with Gasteiger partial charge in [-0.05, 0) is 11.8 Å². The Bertz CT molecular complexity index is 430. The van der Waals surface area contributed by atoms with E-state index < -0.39 is 0 Å². The highest BCUT2D eigenvalue weighted by Gasteiger charge is 2.17. The van der Waals surface area contributed by atoms with Gasteiger partial charge in [0.05, 0.1) is 19.2 Å². The Morgan fingerprint density at radius 1 is 1.43 bits per heavy atom. The van der Waals surface area contributed by atoms with E-state index in [0.29, 0.717) is 12.8 Å². The summed E-state index contributed by atoms with van der Waals surface area (Å²) in [5.41, 5.74) is 1.24. The molecule has 0 bridgehead atoms. The van der Waals surface area contributed by atoms with E-state index in [4.69, 9.17) is 0 Å². The summed E-state index contributed by atoms with van der Waals surface area (Å²) in [6, 6.07) is 0. The van der Waals surface area contributed by atoms with Crippen LogP contribution < -0.4 is 5.32 Å². The number of nitrogens with zero attached hydrogens (tertiary/aromatic N) is 1. The number of hydrogen-bond acceptors (Lipinski definition) is 5. The molecule has 21 heavy (non-hydrogen) atoms. The molecule has 0 aliphatic carbocycles. The molecule has 0 amide bonds. The summed E-state index contributed by atoms with van der Waals surface area (Å²) in [7, 11) is 1.41. The Labute approximate surface area is 132 Å². The third kappa shape index (κ3) is 7.46. The molecule has 0 unspecified atom stereocenters. The van der Waals surface area contributed by atoms with Gasteiger partial charge in [0, 0.05) is 18.3 Å². The van der Waals surface area contributed by atoms with Crippen molar-refractivity contribution in [2.75, 3.05) is 19.0 Å². The molecule has 0 saturated carbocycles. The number of methoxy groups -OCH3 is 1. The van der Waals surface area contributed by atoms with Crippen molar-refractivity contribution in [3.8, 4) is 0 Å². The Morgan fingerprint density at radius 3 is 2.86 bits per heavy atom. The molecule has 1 N–H and O–H groups in total. The lowest BCUT2D eigenvalue weighted by atomic mass is 9.87. The molecule has 0 saturated heterocycles. The maximum absolute atomic E-state index is 11.1. The number of carbonyl (C=O) groups excluding carboxylic acids is 1. The first-order chi connectivity index (χ1) is 9.96. The smallest absolute Gasteiger partial charge is 0.305 e. The fraction of sp³-hybridized carbons (Fsp3) is 0.750. The molecule has 0 aliphatic heterocycles. The van der Waals surface area contributed by atoms with E-state index in [2.05, 4.69) is 35.8 Å². The molecule has 0 spiro atoms. The Morgan fingerprint density at radius 2 is 2.19 bits per heavy atom. The number of nitrogens with one attached hydrogen (secondary N) is 1. The number of ether oxygens (including phenoxy) is 1. The van der Waals surface area contributed by atoms with Gasteiger partial charge in [-0.25, -0.2) is 4.98 Å². The van der Waals surface area contributed by atoms with E-state index in [-0.39, 0.29) is 11.4 Å². The molecular weight excluding hydrogens is 284 g/mol. The first-order valence-electron chi connectivity index (χ1n) is 7.72. The standard InChI is InChI=1S/C16H28N2O2S/c1-5-6-7-10-16(2,3)12-17-15-18-13(11-21-15)8-9-14(19)20-4/h11H,5-10,12H2,1-4H3,(H,17,18). The average molecular weight is 312 g/mol. The van der Waals surface area contributed by atoms with Gasteiger partial charge in [0.15, 0.2) is 5.13 Å². The first kappa shape index (κ1) is 18.0. The van der Waals surface area contributed by atoms with Crippen molar-refractivity contribution in [3.05, 3.63) is 11.1 Å². The monoisotopic (exact) mass is 312 g/mol. The minimum atomic E-state index is -0.186. The van der Waals surface area contributed by atoms with Gasteiger partial charge < -0.3 is 10.1 Å². The minimum Gasteiger partial charge on any atom is -0.469 e. The molecule has 4 nitrogen and oxygen atoms in total. The number of rotatable bonds is 10. The van der Waals surface area contributed by atoms with E-state index >= 15 is 0 Å². The molecular formula is C16H28N2O2S. The van der Waals surface area contributed by atoms with Crippen LogP contribution in [0.25, 0.3) is 0 Å². The number of carbonyl (C=O) groups is 1. The zero-order chi connectivity index (χ0) is 15.7. The van der Waals surface area contributed by atoms with Gasteiger partial charge in [0.25, 0.3) is 0 Å². The second kappa shape index (κ2) is 9.03. The lowest BCUT2D eigenvalue weighted by Crippen LogP contribution is -2.23. The zero-order valence-corrected chi connectivity index (χ0v) is 14.5. The van der Waals surface area contributed by atoms with Crippen LogP contribution in [0, 0.1) is 5.41 Å². The summed E-state index contributed by atoms with van der Waals surface area (Å²) < 4.78 is 4.64. The van der Waals surface area contributed by atoms with E-state index in [1.54, 1.807) is 11.3 Å². The largest absolute Gasteiger partial charge is 0.469 e. The highest BCUT2D eigenvalue weighted by molar-refractivity contribution is 7.13. The van der Waals surface area contributed by atoms with Gasteiger partial charge in [-0.2, -0.15) is 0 Å². The van der Waals surface area contributed by atoms with Crippen LogP contribution in [0.1, 0.15) is 58.6 Å². The van der Waals surface area contributed by atoms with E-state index in [0.717, 1.165) is 17.4 Å². The van der Waals surface area contributed by atoms with E-state index in [9.17, 15) is 4.79 Å². The number of unbranched alkanes of at least 4 members (excludes halogenated alkanes) is 2. The number of thiazole rings is 1. The summed E-state index contributed by atoms with van der Waals surface area (Å²) in [5, 5.41) is 6.38. The van der Waals surface area contributed by atoms with Crippen LogP contribution in [0.5, 0.6) is 0 Å². The summed E-state index contributed by atoms with van der Waals surface area (Å²) in [6.07, 6.45) is 6.12. The maximum Gasteiger partial charge on any atom is 0.305 e. The van der Waals surface area contributed by atoms with E-state index in [1.165, 1.54) is 32.8 Å². The number of hydrogen-bond donors (Lipinski definition) is 1. The number of aromatic nitrogens is 1. The molecule has 0 aromatic carbocycles. The van der Waals surface area contributed by atoms with Crippen molar-refractivity contribution in [3.63, 3.8) is 0 Å². The van der Waals surface area contributed by atoms with Crippen molar-refractivity contribution in [1.29, 1.82) is 0 Å². The third-order valence-corrected chi connectivity index (χ3v) is 4.39. The van der Waals surface area contributed by atoms with Gasteiger partial charge >= 0.3 is 5.97 Å². The van der Waals surface area contributed by atoms with Crippen molar-refractivity contribution in [1.82, 2.24) is 4.98 Å². The Kier molecular flexibility index (Phi) is 7.72. The quantitative estimate of drug-likeness (QED) is 0.518. The van der Waals surface area contributed by atoms with Gasteiger partial charge in [0.1, 0.15) is 0 Å². The molecule has 0 aliphatic rings. The van der Waals surface area contributed by atoms with Crippen LogP contribution in [0.2, 0.25) is 0 Å². The number of esters is 1. The predicted octanol–water partition coefficient (Wildman–Crippen LogP) is 4.27. The topological polar surface area (TPSA) is 51.2 Å². The first-order valence-corrected chi connectivity index (χ1v) is 8.60. The highest BCUT2D eigenvalue weighted by atomic mass is 32.1. The van der Waals surface area contributed by atoms with Gasteiger partial charge in [-0.1, -0.05) is 40.0 Å². The lowest BCUT2D eigenvalue weighted by Gasteiger charge is -2.24. The minimum absolute atomic E-state index is 0.186. The van der Waals surface area contributed by atoms with E-state index in [1.807, 2.05) is 5.38 Å². The van der Waals surface area contributed by atoms with Crippen LogP contribution in [0.15, 0.2) is 5.38 Å². The predicted molar refractivity (Wildman–Crippen MR) is 88.9 cm³/mol. The van der Waals surface area contributed by atoms with Crippen molar-refractivity contribution >= 4 is 22.4 Å². The summed E-state index contributed by atoms with van der Waals surface area (Å²) in [4.78, 5) is 15.6. The third-order valence-electron chi connectivity index (χ3n) is 3.54.